The summed E-state index contributed by atoms with van der Waals surface area (Å²) in [6, 6.07) is 20.5. The number of Topliss-reactive ketones (excluding diaryl/α,β-unsaturated/α-hetero) is 1. The summed E-state index contributed by atoms with van der Waals surface area (Å²) in [4.78, 5) is 35.8. The van der Waals surface area contributed by atoms with Crippen molar-refractivity contribution in [3.63, 3.8) is 0 Å². The summed E-state index contributed by atoms with van der Waals surface area (Å²) in [6.07, 6.45) is 2.89. The van der Waals surface area contributed by atoms with E-state index in [9.17, 15) is 9.59 Å². The molecule has 0 atom stereocenters. The summed E-state index contributed by atoms with van der Waals surface area (Å²) in [7, 11) is 0. The highest BCUT2D eigenvalue weighted by Crippen LogP contribution is 2.28. The highest BCUT2D eigenvalue weighted by atomic mass is 16.5. The van der Waals surface area contributed by atoms with Crippen molar-refractivity contribution in [3.8, 4) is 17.2 Å². The van der Waals surface area contributed by atoms with E-state index < -0.39 is 0 Å². The van der Waals surface area contributed by atoms with Crippen LogP contribution >= 0.6 is 0 Å². The normalized spacial score (nSPS) is 11.5. The number of rotatable bonds is 6. The number of ether oxygens (including phenoxy) is 1. The van der Waals surface area contributed by atoms with Gasteiger partial charge in [-0.15, -0.1) is 0 Å². The molecule has 8 heteroatoms. The van der Waals surface area contributed by atoms with Crippen molar-refractivity contribution in [2.75, 3.05) is 0 Å². The summed E-state index contributed by atoms with van der Waals surface area (Å²) in [5.41, 5.74) is 3.41. The third-order valence-electron chi connectivity index (χ3n) is 5.72. The van der Waals surface area contributed by atoms with Crippen molar-refractivity contribution >= 4 is 16.9 Å². The van der Waals surface area contributed by atoms with Gasteiger partial charge in [-0.3, -0.25) is 9.59 Å². The van der Waals surface area contributed by atoms with Gasteiger partial charge in [0, 0.05) is 23.2 Å². The van der Waals surface area contributed by atoms with Crippen LogP contribution in [0.1, 0.15) is 42.5 Å². The molecule has 5 rings (SSSR count). The number of pyridine rings is 1. The zero-order valence-corrected chi connectivity index (χ0v) is 20.2. The molecule has 180 valence electrons. The lowest BCUT2D eigenvalue weighted by atomic mass is 9.92. The zero-order valence-electron chi connectivity index (χ0n) is 20.2. The zero-order chi connectivity index (χ0) is 25.3. The average molecular weight is 480 g/mol. The van der Waals surface area contributed by atoms with E-state index in [2.05, 4.69) is 35.7 Å². The minimum Gasteiger partial charge on any atom is -0.455 e. The molecule has 0 aliphatic carbocycles. The molecule has 36 heavy (non-hydrogen) atoms. The number of aromatic nitrogens is 5. The summed E-state index contributed by atoms with van der Waals surface area (Å²) < 4.78 is 7.86. The molecule has 0 radical (unpaired) electrons. The van der Waals surface area contributed by atoms with E-state index >= 15 is 0 Å². The van der Waals surface area contributed by atoms with Gasteiger partial charge in [0.25, 0.3) is 5.56 Å². The number of ketones is 1. The second-order valence-corrected chi connectivity index (χ2v) is 9.50. The molecule has 0 fully saturated rings. The fourth-order valence-corrected chi connectivity index (χ4v) is 3.84. The van der Waals surface area contributed by atoms with E-state index in [0.29, 0.717) is 28.2 Å². The standard InChI is InChI=1S/C28H25N5O3/c1-28(2,3)24-16-20(33(32-24)19-9-5-4-6-10-19)15-22(34)18-8-7-11-21(14-18)36-23-12-13-29-27-26(23)30-17-25(35)31-27/h4-14,16-17H,15H2,1-3H3,(H,29,31,35). The Kier molecular flexibility index (Phi) is 5.93. The number of aromatic amines is 1. The Morgan fingerprint density at radius 1 is 1.00 bits per heavy atom. The SMILES string of the molecule is CC(C)(C)c1cc(CC(=O)c2cccc(Oc3ccnc4[nH]c(=O)cnc34)c2)n(-c2ccccc2)n1. The minimum absolute atomic E-state index is 0.0555. The topological polar surface area (TPSA) is 103 Å². The maximum absolute atomic E-state index is 13.4. The highest BCUT2D eigenvalue weighted by Gasteiger charge is 2.22. The molecule has 8 nitrogen and oxygen atoms in total. The molecule has 0 saturated carbocycles. The van der Waals surface area contributed by atoms with Crippen LogP contribution in [0.4, 0.5) is 0 Å². The fraction of sp³-hybridized carbons (Fsp3) is 0.179. The van der Waals surface area contributed by atoms with Gasteiger partial charge in [0.05, 0.1) is 29.7 Å². The first-order valence-electron chi connectivity index (χ1n) is 11.6. The molecule has 0 amide bonds. The molecule has 3 aromatic heterocycles. The Hall–Kier alpha value is -4.59. The summed E-state index contributed by atoms with van der Waals surface area (Å²) in [6.45, 7) is 6.30. The largest absolute Gasteiger partial charge is 0.455 e. The lowest BCUT2D eigenvalue weighted by Crippen LogP contribution is -2.12. The number of nitrogens with zero attached hydrogens (tertiary/aromatic N) is 4. The van der Waals surface area contributed by atoms with E-state index in [0.717, 1.165) is 17.1 Å². The first-order valence-corrected chi connectivity index (χ1v) is 11.6. The number of carbonyl (C=O) groups excluding carboxylic acids is 1. The van der Waals surface area contributed by atoms with Crippen LogP contribution in [0, 0.1) is 0 Å². The van der Waals surface area contributed by atoms with Crippen LogP contribution in [0.3, 0.4) is 0 Å². The summed E-state index contributed by atoms with van der Waals surface area (Å²) in [5.74, 6) is 0.853. The number of nitrogens with one attached hydrogen (secondary N) is 1. The van der Waals surface area contributed by atoms with Crippen LogP contribution in [0.5, 0.6) is 11.5 Å². The second-order valence-electron chi connectivity index (χ2n) is 9.50. The predicted octanol–water partition coefficient (Wildman–Crippen LogP) is 5.02. The van der Waals surface area contributed by atoms with Crippen LogP contribution in [-0.2, 0) is 11.8 Å². The predicted molar refractivity (Wildman–Crippen MR) is 137 cm³/mol. The lowest BCUT2D eigenvalue weighted by molar-refractivity contribution is 0.0991. The number of fused-ring (bicyclic) bond motifs is 1. The van der Waals surface area contributed by atoms with Gasteiger partial charge in [0.15, 0.2) is 17.2 Å². The number of para-hydroxylation sites is 1. The average Bonchev–Trinajstić information content (AvgIpc) is 3.29. The second kappa shape index (κ2) is 9.22. The van der Waals surface area contributed by atoms with Gasteiger partial charge in [0.1, 0.15) is 11.3 Å². The Morgan fingerprint density at radius 2 is 1.81 bits per heavy atom. The first-order chi connectivity index (χ1) is 17.3. The fourth-order valence-electron chi connectivity index (χ4n) is 3.84. The molecule has 0 aliphatic heterocycles. The molecule has 0 saturated heterocycles. The molecule has 2 aromatic carbocycles. The van der Waals surface area contributed by atoms with Gasteiger partial charge in [0.2, 0.25) is 0 Å². The smallest absolute Gasteiger partial charge is 0.268 e. The lowest BCUT2D eigenvalue weighted by Gasteiger charge is -2.14. The van der Waals surface area contributed by atoms with Crippen molar-refractivity contribution in [1.29, 1.82) is 0 Å². The molecular formula is C28H25N5O3. The van der Waals surface area contributed by atoms with Gasteiger partial charge in [-0.25, -0.2) is 14.6 Å². The molecule has 0 unspecified atom stereocenters. The van der Waals surface area contributed by atoms with E-state index in [1.165, 1.54) is 12.4 Å². The third kappa shape index (κ3) is 4.79. The Labute approximate surface area is 207 Å². The molecule has 0 spiro atoms. The van der Waals surface area contributed by atoms with Crippen LogP contribution in [0.25, 0.3) is 16.9 Å². The van der Waals surface area contributed by atoms with Crippen molar-refractivity contribution < 1.29 is 9.53 Å². The Bertz CT molecular complexity index is 1610. The molecule has 1 N–H and O–H groups in total. The van der Waals surface area contributed by atoms with E-state index in [1.807, 2.05) is 41.1 Å². The van der Waals surface area contributed by atoms with E-state index in [-0.39, 0.29) is 23.2 Å². The monoisotopic (exact) mass is 479 g/mol. The third-order valence-corrected chi connectivity index (χ3v) is 5.72. The minimum atomic E-state index is -0.343. The number of H-pyrrole nitrogens is 1. The number of carbonyl (C=O) groups is 1. The van der Waals surface area contributed by atoms with Crippen LogP contribution < -0.4 is 10.3 Å². The molecule has 3 heterocycles. The number of hydrogen-bond donors (Lipinski definition) is 1. The summed E-state index contributed by atoms with van der Waals surface area (Å²) >= 11 is 0. The number of benzene rings is 2. The van der Waals surface area contributed by atoms with Gasteiger partial charge in [-0.1, -0.05) is 51.1 Å². The first kappa shape index (κ1) is 23.2. The van der Waals surface area contributed by atoms with Gasteiger partial charge < -0.3 is 9.72 Å². The highest BCUT2D eigenvalue weighted by molar-refractivity contribution is 5.97. The van der Waals surface area contributed by atoms with E-state index in [1.54, 1.807) is 30.3 Å². The van der Waals surface area contributed by atoms with Crippen LogP contribution in [0.15, 0.2) is 83.9 Å². The van der Waals surface area contributed by atoms with Gasteiger partial charge in [-0.05, 0) is 30.3 Å². The van der Waals surface area contributed by atoms with Gasteiger partial charge >= 0.3 is 0 Å². The van der Waals surface area contributed by atoms with Gasteiger partial charge in [-0.2, -0.15) is 5.10 Å². The van der Waals surface area contributed by atoms with Crippen LogP contribution in [0.2, 0.25) is 0 Å². The Morgan fingerprint density at radius 3 is 2.58 bits per heavy atom. The summed E-state index contributed by atoms with van der Waals surface area (Å²) in [5, 5.41) is 4.81. The number of hydrogen-bond acceptors (Lipinski definition) is 6. The molecule has 0 aliphatic rings. The van der Waals surface area contributed by atoms with Crippen LogP contribution in [-0.4, -0.2) is 30.5 Å². The van der Waals surface area contributed by atoms with Crippen molar-refractivity contribution in [2.45, 2.75) is 32.6 Å². The molecule has 0 bridgehead atoms. The van der Waals surface area contributed by atoms with E-state index in [4.69, 9.17) is 9.84 Å². The quantitative estimate of drug-likeness (QED) is 0.343. The Balaban J connectivity index is 1.43. The maximum atomic E-state index is 13.4. The maximum Gasteiger partial charge on any atom is 0.268 e. The van der Waals surface area contributed by atoms with Crippen molar-refractivity contribution in [1.82, 2.24) is 24.7 Å². The van der Waals surface area contributed by atoms with Crippen molar-refractivity contribution in [2.24, 2.45) is 0 Å². The van der Waals surface area contributed by atoms with Crippen molar-refractivity contribution in [3.05, 3.63) is 106 Å². The molecule has 5 aromatic rings. The molecular weight excluding hydrogens is 454 g/mol.